The van der Waals surface area contributed by atoms with Gasteiger partial charge in [0.25, 0.3) is 0 Å². The molecule has 0 unspecified atom stereocenters. The number of carbonyl (C=O) groups excluding carboxylic acids is 1. The summed E-state index contributed by atoms with van der Waals surface area (Å²) in [7, 11) is 2.04. The van der Waals surface area contributed by atoms with Crippen LogP contribution in [0.25, 0.3) is 11.0 Å². The lowest BCUT2D eigenvalue weighted by molar-refractivity contribution is 0.112. The third-order valence-corrected chi connectivity index (χ3v) is 3.41. The number of rotatable bonds is 1. The van der Waals surface area contributed by atoms with E-state index in [1.54, 1.807) is 0 Å². The Labute approximate surface area is 97.6 Å². The number of halogens is 1. The molecule has 1 aliphatic heterocycles. The van der Waals surface area contributed by atoms with E-state index in [1.165, 1.54) is 5.56 Å². The van der Waals surface area contributed by atoms with Crippen LogP contribution in [0.1, 0.15) is 15.9 Å². The van der Waals surface area contributed by atoms with Gasteiger partial charge in [0.2, 0.25) is 5.22 Å². The van der Waals surface area contributed by atoms with Crippen molar-refractivity contribution < 1.29 is 9.21 Å². The molecular weight excluding hydrogens is 226 g/mol. The highest BCUT2D eigenvalue weighted by Crippen LogP contribution is 2.36. The molecule has 0 aliphatic carbocycles. The van der Waals surface area contributed by atoms with Gasteiger partial charge in [-0.2, -0.15) is 0 Å². The fourth-order valence-corrected chi connectivity index (χ4v) is 2.47. The van der Waals surface area contributed by atoms with Crippen LogP contribution >= 0.6 is 11.6 Å². The predicted molar refractivity (Wildman–Crippen MR) is 63.6 cm³/mol. The van der Waals surface area contributed by atoms with E-state index in [0.29, 0.717) is 11.1 Å². The van der Waals surface area contributed by atoms with Gasteiger partial charge < -0.3 is 9.32 Å². The third-order valence-electron chi connectivity index (χ3n) is 3.13. The fraction of sp³-hybridized carbons (Fsp3) is 0.250. The molecule has 0 amide bonds. The normalized spacial score (nSPS) is 14.5. The standard InChI is InChI=1S/C12H10ClNO2/c1-14-3-2-7-4-11-8(5-10(7)14)9(6-15)12(13)16-11/h4-6H,2-3H2,1H3. The molecule has 0 saturated carbocycles. The number of hydrogen-bond acceptors (Lipinski definition) is 3. The van der Waals surface area contributed by atoms with Gasteiger partial charge in [0.05, 0.1) is 5.56 Å². The van der Waals surface area contributed by atoms with Crippen LogP contribution in [-0.4, -0.2) is 19.9 Å². The quantitative estimate of drug-likeness (QED) is 0.713. The molecule has 0 N–H and O–H groups in total. The molecule has 0 spiro atoms. The molecular formula is C12H10ClNO2. The highest BCUT2D eigenvalue weighted by Gasteiger charge is 2.20. The molecule has 1 aromatic carbocycles. The summed E-state index contributed by atoms with van der Waals surface area (Å²) in [6.45, 7) is 1.01. The lowest BCUT2D eigenvalue weighted by Gasteiger charge is -2.11. The first-order valence-corrected chi connectivity index (χ1v) is 5.49. The first-order chi connectivity index (χ1) is 7.70. The Balaban J connectivity index is 2.35. The lowest BCUT2D eigenvalue weighted by atomic mass is 10.1. The van der Waals surface area contributed by atoms with Crippen molar-refractivity contribution in [3.05, 3.63) is 28.5 Å². The van der Waals surface area contributed by atoms with Gasteiger partial charge in [-0.1, -0.05) is 0 Å². The summed E-state index contributed by atoms with van der Waals surface area (Å²) >= 11 is 5.86. The Bertz CT molecular complexity index is 588. The minimum atomic E-state index is 0.177. The second-order valence-electron chi connectivity index (χ2n) is 4.06. The van der Waals surface area contributed by atoms with Gasteiger partial charge in [0.15, 0.2) is 6.29 Å². The van der Waals surface area contributed by atoms with Crippen LogP contribution in [0.15, 0.2) is 16.5 Å². The summed E-state index contributed by atoms with van der Waals surface area (Å²) in [6, 6.07) is 3.96. The van der Waals surface area contributed by atoms with Crippen molar-refractivity contribution in [2.24, 2.45) is 0 Å². The SMILES string of the molecule is CN1CCc2cc3oc(Cl)c(C=O)c3cc21. The maximum absolute atomic E-state index is 10.9. The lowest BCUT2D eigenvalue weighted by Crippen LogP contribution is -2.12. The molecule has 0 saturated heterocycles. The van der Waals surface area contributed by atoms with Gasteiger partial charge in [-0.15, -0.1) is 0 Å². The molecule has 82 valence electrons. The van der Waals surface area contributed by atoms with Crippen molar-refractivity contribution in [1.29, 1.82) is 0 Å². The van der Waals surface area contributed by atoms with Crippen molar-refractivity contribution in [2.75, 3.05) is 18.5 Å². The zero-order valence-electron chi connectivity index (χ0n) is 8.79. The average Bonchev–Trinajstić information content (AvgIpc) is 2.76. The maximum atomic E-state index is 10.9. The van der Waals surface area contributed by atoms with E-state index in [2.05, 4.69) is 4.90 Å². The monoisotopic (exact) mass is 235 g/mol. The Morgan fingerprint density at radius 1 is 1.50 bits per heavy atom. The number of anilines is 1. The molecule has 1 aromatic heterocycles. The highest BCUT2D eigenvalue weighted by atomic mass is 35.5. The van der Waals surface area contributed by atoms with Crippen molar-refractivity contribution in [2.45, 2.75) is 6.42 Å². The molecule has 3 rings (SSSR count). The largest absolute Gasteiger partial charge is 0.444 e. The predicted octanol–water partition coefficient (Wildman–Crippen LogP) is 2.89. The zero-order valence-corrected chi connectivity index (χ0v) is 9.54. The van der Waals surface area contributed by atoms with Crippen LogP contribution in [0.4, 0.5) is 5.69 Å². The van der Waals surface area contributed by atoms with Crippen LogP contribution in [-0.2, 0) is 6.42 Å². The number of fused-ring (bicyclic) bond motifs is 2. The van der Waals surface area contributed by atoms with E-state index in [-0.39, 0.29) is 5.22 Å². The summed E-state index contributed by atoms with van der Waals surface area (Å²) in [4.78, 5) is 13.1. The van der Waals surface area contributed by atoms with Gasteiger partial charge in [-0.25, -0.2) is 0 Å². The molecule has 2 heterocycles. The van der Waals surface area contributed by atoms with E-state index in [0.717, 1.165) is 30.3 Å². The Morgan fingerprint density at radius 2 is 2.31 bits per heavy atom. The summed E-state index contributed by atoms with van der Waals surface area (Å²) in [5.74, 6) is 0. The van der Waals surface area contributed by atoms with Crippen LogP contribution in [0.5, 0.6) is 0 Å². The van der Waals surface area contributed by atoms with E-state index >= 15 is 0 Å². The van der Waals surface area contributed by atoms with E-state index in [4.69, 9.17) is 16.0 Å². The molecule has 2 aromatic rings. The topological polar surface area (TPSA) is 33.5 Å². The number of nitrogens with zero attached hydrogens (tertiary/aromatic N) is 1. The summed E-state index contributed by atoms with van der Waals surface area (Å²) < 4.78 is 5.37. The molecule has 16 heavy (non-hydrogen) atoms. The molecule has 0 atom stereocenters. The Morgan fingerprint density at radius 3 is 3.06 bits per heavy atom. The van der Waals surface area contributed by atoms with Crippen molar-refractivity contribution in [3.8, 4) is 0 Å². The molecule has 3 nitrogen and oxygen atoms in total. The zero-order chi connectivity index (χ0) is 11.3. The van der Waals surface area contributed by atoms with Gasteiger partial charge in [0.1, 0.15) is 5.58 Å². The highest BCUT2D eigenvalue weighted by molar-refractivity contribution is 6.33. The van der Waals surface area contributed by atoms with Gasteiger partial charge in [-0.05, 0) is 35.7 Å². The minimum absolute atomic E-state index is 0.177. The second kappa shape index (κ2) is 3.25. The number of hydrogen-bond donors (Lipinski definition) is 0. The molecule has 0 radical (unpaired) electrons. The smallest absolute Gasteiger partial charge is 0.205 e. The number of aldehydes is 1. The minimum Gasteiger partial charge on any atom is -0.444 e. The van der Waals surface area contributed by atoms with Crippen LogP contribution in [0.2, 0.25) is 5.22 Å². The fourth-order valence-electron chi connectivity index (χ4n) is 2.24. The van der Waals surface area contributed by atoms with Gasteiger partial charge in [0, 0.05) is 24.7 Å². The van der Waals surface area contributed by atoms with Crippen LogP contribution in [0, 0.1) is 0 Å². The molecule has 0 bridgehead atoms. The number of carbonyl (C=O) groups is 1. The third kappa shape index (κ3) is 1.18. The molecule has 4 heteroatoms. The van der Waals surface area contributed by atoms with Gasteiger partial charge >= 0.3 is 0 Å². The average molecular weight is 236 g/mol. The Hall–Kier alpha value is -1.48. The van der Waals surface area contributed by atoms with E-state index < -0.39 is 0 Å². The van der Waals surface area contributed by atoms with Crippen LogP contribution < -0.4 is 4.90 Å². The Kier molecular flexibility index (Phi) is 1.98. The van der Waals surface area contributed by atoms with Crippen molar-refractivity contribution in [1.82, 2.24) is 0 Å². The second-order valence-corrected chi connectivity index (χ2v) is 4.40. The van der Waals surface area contributed by atoms with E-state index in [1.807, 2.05) is 19.2 Å². The number of benzene rings is 1. The number of furan rings is 1. The first-order valence-electron chi connectivity index (χ1n) is 5.12. The van der Waals surface area contributed by atoms with Gasteiger partial charge in [-0.3, -0.25) is 4.79 Å². The van der Waals surface area contributed by atoms with Crippen LogP contribution in [0.3, 0.4) is 0 Å². The summed E-state index contributed by atoms with van der Waals surface area (Å²) in [5.41, 5.74) is 3.55. The molecule has 1 aliphatic rings. The summed E-state index contributed by atoms with van der Waals surface area (Å²) in [5, 5.41) is 0.976. The van der Waals surface area contributed by atoms with Crippen molar-refractivity contribution >= 4 is 34.5 Å². The van der Waals surface area contributed by atoms with Crippen molar-refractivity contribution in [3.63, 3.8) is 0 Å². The maximum Gasteiger partial charge on any atom is 0.205 e. The number of likely N-dealkylation sites (N-methyl/N-ethyl adjacent to an activating group) is 1. The molecule has 0 fully saturated rings. The van der Waals surface area contributed by atoms with E-state index in [9.17, 15) is 4.79 Å². The first kappa shape index (κ1) is 9.73. The summed E-state index contributed by atoms with van der Waals surface area (Å²) in [6.07, 6.45) is 1.76.